The largest absolute Gasteiger partial charge is 0.297 e. The smallest absolute Gasteiger partial charge is 0.288 e. The van der Waals surface area contributed by atoms with Gasteiger partial charge in [0.2, 0.25) is 14.9 Å². The number of nitrogens with zero attached hydrogens (tertiary/aromatic N) is 1. The summed E-state index contributed by atoms with van der Waals surface area (Å²) in [5.74, 6) is 4.04. The van der Waals surface area contributed by atoms with E-state index in [9.17, 15) is 13.2 Å². The van der Waals surface area contributed by atoms with Gasteiger partial charge in [-0.1, -0.05) is 36.4 Å². The van der Waals surface area contributed by atoms with Crippen molar-refractivity contribution in [2.24, 2.45) is 10.9 Å². The highest BCUT2D eigenvalue weighted by atomic mass is 32.2. The van der Waals surface area contributed by atoms with E-state index >= 15 is 0 Å². The molecule has 8 heteroatoms. The SMILES string of the molecule is NNC(=O)/C(=N\Nc1ccccc1)S(=O)(=O)c1ccccc1. The molecule has 0 aliphatic heterocycles. The first-order valence-electron chi connectivity index (χ1n) is 6.25. The molecule has 2 aromatic carbocycles. The predicted octanol–water partition coefficient (Wildman–Crippen LogP) is 0.876. The predicted molar refractivity (Wildman–Crippen MR) is 83.5 cm³/mol. The third kappa shape index (κ3) is 3.48. The normalized spacial score (nSPS) is 11.8. The summed E-state index contributed by atoms with van der Waals surface area (Å²) in [7, 11) is -4.09. The van der Waals surface area contributed by atoms with Crippen molar-refractivity contribution in [3.8, 4) is 0 Å². The van der Waals surface area contributed by atoms with Crippen LogP contribution < -0.4 is 16.7 Å². The molecule has 0 unspecified atom stereocenters. The minimum atomic E-state index is -4.09. The van der Waals surface area contributed by atoms with E-state index in [1.54, 1.807) is 54.0 Å². The molecule has 1 amide bonds. The topological polar surface area (TPSA) is 114 Å². The first-order chi connectivity index (χ1) is 10.6. The van der Waals surface area contributed by atoms with Crippen LogP contribution in [0.15, 0.2) is 70.7 Å². The van der Waals surface area contributed by atoms with Crippen LogP contribution in [0.5, 0.6) is 0 Å². The number of rotatable bonds is 3. The van der Waals surface area contributed by atoms with Crippen molar-refractivity contribution in [1.82, 2.24) is 5.43 Å². The molecule has 0 radical (unpaired) electrons. The number of carbonyl (C=O) groups is 1. The molecule has 114 valence electrons. The molecule has 2 aromatic rings. The van der Waals surface area contributed by atoms with Crippen molar-refractivity contribution < 1.29 is 13.2 Å². The van der Waals surface area contributed by atoms with E-state index < -0.39 is 20.8 Å². The molecular formula is C14H14N4O3S. The number of anilines is 1. The van der Waals surface area contributed by atoms with Crippen molar-refractivity contribution in [3.05, 3.63) is 60.7 Å². The van der Waals surface area contributed by atoms with Gasteiger partial charge < -0.3 is 0 Å². The van der Waals surface area contributed by atoms with E-state index in [0.717, 1.165) is 0 Å². The standard InChI is InChI=1S/C14H14N4O3S/c15-16-13(19)14(18-17-11-7-3-1-4-8-11)22(20,21)12-9-5-2-6-10-12/h1-10,17H,15H2,(H,16,19)/b18-14+. The third-order valence-electron chi connectivity index (χ3n) is 2.69. The number of amides is 1. The number of hydrogen-bond acceptors (Lipinski definition) is 6. The summed E-state index contributed by atoms with van der Waals surface area (Å²) in [6.07, 6.45) is 0. The van der Waals surface area contributed by atoms with Gasteiger partial charge in [-0.05, 0) is 24.3 Å². The van der Waals surface area contributed by atoms with Gasteiger partial charge >= 0.3 is 0 Å². The van der Waals surface area contributed by atoms with Crippen LogP contribution in [0.2, 0.25) is 0 Å². The lowest BCUT2D eigenvalue weighted by molar-refractivity contribution is -0.114. The quantitative estimate of drug-likeness (QED) is 0.255. The van der Waals surface area contributed by atoms with Gasteiger partial charge in [0.05, 0.1) is 10.6 Å². The molecule has 7 nitrogen and oxygen atoms in total. The summed E-state index contributed by atoms with van der Waals surface area (Å²) in [4.78, 5) is 11.7. The van der Waals surface area contributed by atoms with Crippen LogP contribution in [0.25, 0.3) is 0 Å². The average Bonchev–Trinajstić information content (AvgIpc) is 2.56. The Bertz CT molecular complexity index is 774. The van der Waals surface area contributed by atoms with Crippen LogP contribution in [0.1, 0.15) is 0 Å². The summed E-state index contributed by atoms with van der Waals surface area (Å²) in [5.41, 5.74) is 4.85. The van der Waals surface area contributed by atoms with E-state index in [2.05, 4.69) is 10.5 Å². The number of hydrazone groups is 1. The van der Waals surface area contributed by atoms with Gasteiger partial charge in [-0.3, -0.25) is 15.6 Å². The maximum atomic E-state index is 12.5. The summed E-state index contributed by atoms with van der Waals surface area (Å²) in [5, 5.41) is 2.98. The number of sulfone groups is 1. The fourth-order valence-corrected chi connectivity index (χ4v) is 2.84. The molecule has 0 atom stereocenters. The molecule has 0 spiro atoms. The molecule has 0 aromatic heterocycles. The lowest BCUT2D eigenvalue weighted by atomic mass is 10.3. The first kappa shape index (κ1) is 15.7. The van der Waals surface area contributed by atoms with Crippen molar-refractivity contribution in [2.45, 2.75) is 4.90 Å². The van der Waals surface area contributed by atoms with Gasteiger partial charge in [0.1, 0.15) is 0 Å². The Morgan fingerprint density at radius 1 is 0.955 bits per heavy atom. The number of para-hydroxylation sites is 1. The molecule has 0 aliphatic carbocycles. The Morgan fingerprint density at radius 2 is 1.50 bits per heavy atom. The number of benzene rings is 2. The van der Waals surface area contributed by atoms with Gasteiger partial charge in [-0.15, -0.1) is 0 Å². The van der Waals surface area contributed by atoms with Gasteiger partial charge in [0, 0.05) is 0 Å². The molecule has 2 rings (SSSR count). The average molecular weight is 318 g/mol. The van der Waals surface area contributed by atoms with E-state index in [1.165, 1.54) is 12.1 Å². The van der Waals surface area contributed by atoms with Gasteiger partial charge in [-0.2, -0.15) is 5.10 Å². The second-order valence-corrected chi connectivity index (χ2v) is 6.05. The molecule has 0 saturated carbocycles. The zero-order valence-corrected chi connectivity index (χ0v) is 12.2. The van der Waals surface area contributed by atoms with Crippen LogP contribution in [0.4, 0.5) is 5.69 Å². The van der Waals surface area contributed by atoms with E-state index in [4.69, 9.17) is 5.84 Å². The second-order valence-electron chi connectivity index (χ2n) is 4.18. The summed E-state index contributed by atoms with van der Waals surface area (Å²) < 4.78 is 24.9. The number of nitrogens with two attached hydrogens (primary N) is 1. The highest BCUT2D eigenvalue weighted by Gasteiger charge is 2.29. The number of hydrazine groups is 1. The highest BCUT2D eigenvalue weighted by molar-refractivity contribution is 8.08. The minimum absolute atomic E-state index is 0.0489. The monoisotopic (exact) mass is 318 g/mol. The summed E-state index contributed by atoms with van der Waals surface area (Å²) in [6.45, 7) is 0. The lowest BCUT2D eigenvalue weighted by Crippen LogP contribution is -2.40. The van der Waals surface area contributed by atoms with E-state index in [-0.39, 0.29) is 4.90 Å². The Kier molecular flexibility index (Phi) is 4.87. The van der Waals surface area contributed by atoms with Crippen molar-refractivity contribution >= 4 is 26.5 Å². The maximum Gasteiger partial charge on any atom is 0.297 e. The number of carbonyl (C=O) groups excluding carboxylic acids is 1. The Hall–Kier alpha value is -2.71. The molecule has 4 N–H and O–H groups in total. The van der Waals surface area contributed by atoms with E-state index in [0.29, 0.717) is 5.69 Å². The minimum Gasteiger partial charge on any atom is -0.288 e. The molecule has 22 heavy (non-hydrogen) atoms. The number of nitrogens with one attached hydrogen (secondary N) is 2. The van der Waals surface area contributed by atoms with Gasteiger partial charge in [0.15, 0.2) is 0 Å². The first-order valence-corrected chi connectivity index (χ1v) is 7.74. The second kappa shape index (κ2) is 6.83. The molecular weight excluding hydrogens is 304 g/mol. The maximum absolute atomic E-state index is 12.5. The van der Waals surface area contributed by atoms with Crippen LogP contribution in [-0.4, -0.2) is 19.4 Å². The molecule has 0 heterocycles. The van der Waals surface area contributed by atoms with Crippen LogP contribution >= 0.6 is 0 Å². The van der Waals surface area contributed by atoms with Crippen LogP contribution in [0.3, 0.4) is 0 Å². The summed E-state index contributed by atoms with van der Waals surface area (Å²) >= 11 is 0. The molecule has 0 aliphatic rings. The van der Waals surface area contributed by atoms with Crippen LogP contribution in [-0.2, 0) is 14.6 Å². The number of hydrogen-bond donors (Lipinski definition) is 3. The van der Waals surface area contributed by atoms with Crippen molar-refractivity contribution in [1.29, 1.82) is 0 Å². The van der Waals surface area contributed by atoms with Crippen molar-refractivity contribution in [3.63, 3.8) is 0 Å². The Morgan fingerprint density at radius 3 is 2.05 bits per heavy atom. The summed E-state index contributed by atoms with van der Waals surface area (Å²) in [6, 6.07) is 16.1. The van der Waals surface area contributed by atoms with Gasteiger partial charge in [-0.25, -0.2) is 14.3 Å². The highest BCUT2D eigenvalue weighted by Crippen LogP contribution is 2.13. The zero-order valence-electron chi connectivity index (χ0n) is 11.4. The lowest BCUT2D eigenvalue weighted by Gasteiger charge is -2.07. The Balaban J connectivity index is 2.41. The fraction of sp³-hybridized carbons (Fsp3) is 0. The van der Waals surface area contributed by atoms with Crippen LogP contribution in [0, 0.1) is 0 Å². The molecule has 0 fully saturated rings. The molecule has 0 bridgehead atoms. The zero-order chi connectivity index (χ0) is 16.0. The van der Waals surface area contributed by atoms with Crippen molar-refractivity contribution in [2.75, 3.05) is 5.43 Å². The van der Waals surface area contributed by atoms with E-state index in [1.807, 2.05) is 0 Å². The molecule has 0 saturated heterocycles. The fourth-order valence-electron chi connectivity index (χ4n) is 1.63. The third-order valence-corrected chi connectivity index (χ3v) is 4.37. The van der Waals surface area contributed by atoms with Gasteiger partial charge in [0.25, 0.3) is 5.91 Å². The Labute approximate surface area is 127 Å².